The Morgan fingerprint density at radius 3 is 2.52 bits per heavy atom. The van der Waals surface area contributed by atoms with Crippen LogP contribution in [0.2, 0.25) is 0 Å². The van der Waals surface area contributed by atoms with Gasteiger partial charge in [-0.15, -0.1) is 0 Å². The van der Waals surface area contributed by atoms with Crippen LogP contribution in [0.25, 0.3) is 0 Å². The second-order valence-corrected chi connectivity index (χ2v) is 4.91. The molecule has 21 heavy (non-hydrogen) atoms. The van der Waals surface area contributed by atoms with Crippen molar-refractivity contribution in [2.45, 2.75) is 20.0 Å². The smallest absolute Gasteiger partial charge is 0.262 e. The molecule has 0 aliphatic heterocycles. The average molecular weight is 285 g/mol. The van der Waals surface area contributed by atoms with Crippen molar-refractivity contribution in [3.8, 4) is 5.75 Å². The van der Waals surface area contributed by atoms with Gasteiger partial charge < -0.3 is 15.2 Å². The zero-order chi connectivity index (χ0) is 15.2. The Hall–Kier alpha value is -2.33. The number of para-hydroxylation sites is 1. The van der Waals surface area contributed by atoms with Crippen LogP contribution in [0.5, 0.6) is 5.75 Å². The van der Waals surface area contributed by atoms with Gasteiger partial charge in [-0.2, -0.15) is 0 Å². The van der Waals surface area contributed by atoms with Crippen molar-refractivity contribution in [1.82, 2.24) is 0 Å². The van der Waals surface area contributed by atoms with Gasteiger partial charge in [0.25, 0.3) is 5.91 Å². The van der Waals surface area contributed by atoms with Crippen molar-refractivity contribution in [2.75, 3.05) is 11.9 Å². The first-order valence-corrected chi connectivity index (χ1v) is 6.82. The Morgan fingerprint density at radius 2 is 1.86 bits per heavy atom. The summed E-state index contributed by atoms with van der Waals surface area (Å²) in [5.41, 5.74) is 2.42. The number of carbonyl (C=O) groups is 1. The lowest BCUT2D eigenvalue weighted by atomic mass is 10.1. The Kier molecular flexibility index (Phi) is 4.95. The van der Waals surface area contributed by atoms with Crippen LogP contribution in [0.15, 0.2) is 48.5 Å². The Labute approximate surface area is 124 Å². The van der Waals surface area contributed by atoms with Crippen LogP contribution in [-0.2, 0) is 4.79 Å². The van der Waals surface area contributed by atoms with E-state index in [1.54, 1.807) is 19.1 Å². The summed E-state index contributed by atoms with van der Waals surface area (Å²) in [7, 11) is 0. The van der Waals surface area contributed by atoms with Gasteiger partial charge in [0.2, 0.25) is 0 Å². The van der Waals surface area contributed by atoms with Gasteiger partial charge in [0, 0.05) is 11.3 Å². The molecular weight excluding hydrogens is 266 g/mol. The molecule has 2 rings (SSSR count). The average Bonchev–Trinajstić information content (AvgIpc) is 2.47. The summed E-state index contributed by atoms with van der Waals surface area (Å²) < 4.78 is 5.42. The number of ether oxygens (including phenoxy) is 1. The highest BCUT2D eigenvalue weighted by Crippen LogP contribution is 2.22. The minimum Gasteiger partial charge on any atom is -0.484 e. The van der Waals surface area contributed by atoms with Gasteiger partial charge in [-0.1, -0.05) is 35.9 Å². The number of amides is 1. The molecule has 1 atom stereocenters. The summed E-state index contributed by atoms with van der Waals surface area (Å²) in [6, 6.07) is 14.7. The number of aliphatic hydroxyl groups is 1. The summed E-state index contributed by atoms with van der Waals surface area (Å²) in [5, 5.41) is 12.4. The van der Waals surface area contributed by atoms with Gasteiger partial charge >= 0.3 is 0 Å². The van der Waals surface area contributed by atoms with Crippen molar-refractivity contribution < 1.29 is 14.6 Å². The number of rotatable bonds is 5. The van der Waals surface area contributed by atoms with E-state index in [-0.39, 0.29) is 12.5 Å². The largest absolute Gasteiger partial charge is 0.484 e. The summed E-state index contributed by atoms with van der Waals surface area (Å²) in [6.07, 6.45) is -0.639. The van der Waals surface area contributed by atoms with Gasteiger partial charge in [-0.25, -0.2) is 0 Å². The zero-order valence-electron chi connectivity index (χ0n) is 12.2. The fourth-order valence-electron chi connectivity index (χ4n) is 1.94. The molecule has 2 N–H and O–H groups in total. The van der Waals surface area contributed by atoms with Crippen LogP contribution < -0.4 is 10.1 Å². The number of aliphatic hydroxyl groups excluding tert-OH is 1. The standard InChI is InChI=1S/C17H19NO3/c1-12-7-9-14(10-8-12)21-11-17(20)18-16-6-4-3-5-15(16)13(2)19/h3-10,13,19H,11H2,1-2H3,(H,18,20). The summed E-state index contributed by atoms with van der Waals surface area (Å²) in [5.74, 6) is 0.392. The van der Waals surface area contributed by atoms with E-state index in [1.807, 2.05) is 43.3 Å². The first kappa shape index (κ1) is 15.1. The van der Waals surface area contributed by atoms with Crippen molar-refractivity contribution in [1.29, 1.82) is 0 Å². The molecule has 0 bridgehead atoms. The van der Waals surface area contributed by atoms with Gasteiger partial charge in [-0.3, -0.25) is 4.79 Å². The quantitative estimate of drug-likeness (QED) is 0.887. The van der Waals surface area contributed by atoms with Crippen molar-refractivity contribution >= 4 is 11.6 Å². The van der Waals surface area contributed by atoms with Gasteiger partial charge in [0.05, 0.1) is 6.10 Å². The lowest BCUT2D eigenvalue weighted by Crippen LogP contribution is -2.21. The number of nitrogens with one attached hydrogen (secondary N) is 1. The third-order valence-electron chi connectivity index (χ3n) is 3.08. The van der Waals surface area contributed by atoms with E-state index >= 15 is 0 Å². The molecule has 4 nitrogen and oxygen atoms in total. The molecule has 0 aliphatic rings. The minimum absolute atomic E-state index is 0.0722. The normalized spacial score (nSPS) is 11.8. The predicted octanol–water partition coefficient (Wildman–Crippen LogP) is 3.07. The van der Waals surface area contributed by atoms with Crippen LogP contribution in [0, 0.1) is 6.92 Å². The first-order valence-electron chi connectivity index (χ1n) is 6.82. The van der Waals surface area contributed by atoms with E-state index in [1.165, 1.54) is 0 Å². The third-order valence-corrected chi connectivity index (χ3v) is 3.08. The molecule has 0 saturated carbocycles. The molecule has 0 heterocycles. The third kappa shape index (κ3) is 4.33. The Bertz CT molecular complexity index is 606. The highest BCUT2D eigenvalue weighted by Gasteiger charge is 2.10. The van der Waals surface area contributed by atoms with Crippen LogP contribution in [0.1, 0.15) is 24.2 Å². The SMILES string of the molecule is Cc1ccc(OCC(=O)Nc2ccccc2C(C)O)cc1. The number of anilines is 1. The molecule has 1 amide bonds. The molecule has 110 valence electrons. The molecule has 0 fully saturated rings. The van der Waals surface area contributed by atoms with Crippen molar-refractivity contribution in [3.63, 3.8) is 0 Å². The second-order valence-electron chi connectivity index (χ2n) is 4.91. The molecule has 0 radical (unpaired) electrons. The lowest BCUT2D eigenvalue weighted by Gasteiger charge is -2.13. The maximum atomic E-state index is 11.9. The topological polar surface area (TPSA) is 58.6 Å². The molecule has 0 saturated heterocycles. The fourth-order valence-corrected chi connectivity index (χ4v) is 1.94. The van der Waals surface area contributed by atoms with E-state index in [0.717, 1.165) is 5.56 Å². The molecule has 2 aromatic carbocycles. The maximum Gasteiger partial charge on any atom is 0.262 e. The summed E-state index contributed by atoms with van der Waals surface area (Å²) in [6.45, 7) is 3.58. The van der Waals surface area contributed by atoms with E-state index in [9.17, 15) is 9.90 Å². The van der Waals surface area contributed by atoms with E-state index in [2.05, 4.69) is 5.32 Å². The van der Waals surface area contributed by atoms with Crippen LogP contribution in [0.3, 0.4) is 0 Å². The van der Waals surface area contributed by atoms with Crippen LogP contribution in [0.4, 0.5) is 5.69 Å². The van der Waals surface area contributed by atoms with E-state index in [4.69, 9.17) is 4.74 Å². The predicted molar refractivity (Wildman–Crippen MR) is 82.4 cm³/mol. The number of hydrogen-bond acceptors (Lipinski definition) is 3. The van der Waals surface area contributed by atoms with Gasteiger partial charge in [0.15, 0.2) is 6.61 Å². The molecule has 0 aliphatic carbocycles. The molecule has 0 aromatic heterocycles. The van der Waals surface area contributed by atoms with Gasteiger partial charge in [0.1, 0.15) is 5.75 Å². The number of aryl methyl sites for hydroxylation is 1. The zero-order valence-corrected chi connectivity index (χ0v) is 12.2. The number of benzene rings is 2. The van der Waals surface area contributed by atoms with Crippen LogP contribution >= 0.6 is 0 Å². The summed E-state index contributed by atoms with van der Waals surface area (Å²) in [4.78, 5) is 11.9. The van der Waals surface area contributed by atoms with Crippen LogP contribution in [-0.4, -0.2) is 17.6 Å². The molecule has 1 unspecified atom stereocenters. The Balaban J connectivity index is 1.94. The highest BCUT2D eigenvalue weighted by atomic mass is 16.5. The second kappa shape index (κ2) is 6.90. The number of carbonyl (C=O) groups excluding carboxylic acids is 1. The maximum absolute atomic E-state index is 11.9. The fraction of sp³-hybridized carbons (Fsp3) is 0.235. The Morgan fingerprint density at radius 1 is 1.19 bits per heavy atom. The van der Waals surface area contributed by atoms with E-state index in [0.29, 0.717) is 17.0 Å². The molecule has 2 aromatic rings. The van der Waals surface area contributed by atoms with Crippen molar-refractivity contribution in [3.05, 3.63) is 59.7 Å². The summed E-state index contributed by atoms with van der Waals surface area (Å²) >= 11 is 0. The van der Waals surface area contributed by atoms with Gasteiger partial charge in [-0.05, 0) is 32.0 Å². The molecule has 0 spiro atoms. The van der Waals surface area contributed by atoms with Crippen molar-refractivity contribution in [2.24, 2.45) is 0 Å². The molecule has 4 heteroatoms. The monoisotopic (exact) mass is 285 g/mol. The highest BCUT2D eigenvalue weighted by molar-refractivity contribution is 5.92. The number of hydrogen-bond donors (Lipinski definition) is 2. The molecular formula is C17H19NO3. The minimum atomic E-state index is -0.639. The lowest BCUT2D eigenvalue weighted by molar-refractivity contribution is -0.118. The van der Waals surface area contributed by atoms with E-state index < -0.39 is 6.10 Å². The first-order chi connectivity index (χ1) is 10.1.